The molecular weight excluding hydrogens is 304 g/mol. The van der Waals surface area contributed by atoms with Gasteiger partial charge in [0.1, 0.15) is 0 Å². The molecule has 0 aliphatic carbocycles. The fourth-order valence-corrected chi connectivity index (χ4v) is 4.75. The molecule has 2 fully saturated rings. The van der Waals surface area contributed by atoms with E-state index in [2.05, 4.69) is 15.2 Å². The molecule has 0 saturated carbocycles. The van der Waals surface area contributed by atoms with Gasteiger partial charge in [-0.15, -0.1) is 11.3 Å². The molecule has 21 heavy (non-hydrogen) atoms. The van der Waals surface area contributed by atoms with Crippen molar-refractivity contribution in [3.63, 3.8) is 0 Å². The molecule has 2 aliphatic heterocycles. The van der Waals surface area contributed by atoms with E-state index in [1.165, 1.54) is 17.9 Å². The van der Waals surface area contributed by atoms with Gasteiger partial charge in [-0.1, -0.05) is 0 Å². The van der Waals surface area contributed by atoms with Gasteiger partial charge in [-0.3, -0.25) is 0 Å². The van der Waals surface area contributed by atoms with E-state index in [0.717, 1.165) is 44.3 Å². The van der Waals surface area contributed by atoms with E-state index >= 15 is 0 Å². The minimum Gasteiger partial charge on any atom is -0.346 e. The minimum atomic E-state index is 0.105. The van der Waals surface area contributed by atoms with Crippen LogP contribution in [0.1, 0.15) is 12.8 Å². The zero-order chi connectivity index (χ0) is 14.5. The Bertz CT molecular complexity index is 448. The molecule has 116 valence electrons. The van der Waals surface area contributed by atoms with Crippen molar-refractivity contribution in [2.45, 2.75) is 12.8 Å². The first-order valence-corrected chi connectivity index (χ1v) is 9.61. The van der Waals surface area contributed by atoms with E-state index in [9.17, 15) is 4.79 Å². The Morgan fingerprint density at radius 3 is 3.10 bits per heavy atom. The fraction of sp³-hybridized carbons (Fsp3) is 0.714. The summed E-state index contributed by atoms with van der Waals surface area (Å²) in [4.78, 5) is 20.9. The third kappa shape index (κ3) is 4.03. The van der Waals surface area contributed by atoms with Crippen LogP contribution < -0.4 is 10.2 Å². The van der Waals surface area contributed by atoms with Gasteiger partial charge in [0.2, 0.25) is 0 Å². The Kier molecular flexibility index (Phi) is 5.24. The van der Waals surface area contributed by atoms with Crippen molar-refractivity contribution < 1.29 is 4.79 Å². The number of carbonyl (C=O) groups is 1. The van der Waals surface area contributed by atoms with Crippen molar-refractivity contribution in [3.8, 4) is 0 Å². The summed E-state index contributed by atoms with van der Waals surface area (Å²) in [5, 5.41) is 6.19. The smallest absolute Gasteiger partial charge is 0.317 e. The zero-order valence-corrected chi connectivity index (χ0v) is 13.8. The average Bonchev–Trinajstić information content (AvgIpc) is 3.15. The van der Waals surface area contributed by atoms with Crippen LogP contribution in [-0.4, -0.2) is 60.1 Å². The number of aromatic nitrogens is 1. The first kappa shape index (κ1) is 15.0. The molecule has 7 heteroatoms. The number of amides is 2. The first-order valence-electron chi connectivity index (χ1n) is 7.58. The van der Waals surface area contributed by atoms with Crippen LogP contribution in [0.3, 0.4) is 0 Å². The van der Waals surface area contributed by atoms with Crippen LogP contribution in [0.2, 0.25) is 0 Å². The molecule has 0 unspecified atom stereocenters. The number of urea groups is 1. The summed E-state index contributed by atoms with van der Waals surface area (Å²) in [6.07, 6.45) is 4.09. The van der Waals surface area contributed by atoms with Crippen LogP contribution in [0.25, 0.3) is 0 Å². The first-order chi connectivity index (χ1) is 10.3. The Labute approximate surface area is 134 Å². The van der Waals surface area contributed by atoms with Gasteiger partial charge >= 0.3 is 6.03 Å². The zero-order valence-electron chi connectivity index (χ0n) is 12.2. The Morgan fingerprint density at radius 1 is 1.38 bits per heavy atom. The average molecular weight is 326 g/mol. The van der Waals surface area contributed by atoms with E-state index < -0.39 is 0 Å². The van der Waals surface area contributed by atoms with Crippen LogP contribution in [0, 0.1) is 5.92 Å². The second-order valence-corrected chi connectivity index (χ2v) is 7.58. The number of nitrogens with zero attached hydrogens (tertiary/aromatic N) is 3. The second kappa shape index (κ2) is 7.35. The molecular formula is C14H22N4OS2. The number of carbonyl (C=O) groups excluding carboxylic acids is 1. The number of thioether (sulfide) groups is 1. The lowest BCUT2D eigenvalue weighted by Crippen LogP contribution is -2.43. The van der Waals surface area contributed by atoms with Gasteiger partial charge < -0.3 is 15.1 Å². The fourth-order valence-electron chi connectivity index (χ4n) is 2.77. The number of nitrogens with one attached hydrogen (secondary N) is 1. The van der Waals surface area contributed by atoms with Gasteiger partial charge in [0.25, 0.3) is 0 Å². The molecule has 3 heterocycles. The summed E-state index contributed by atoms with van der Waals surface area (Å²) in [6, 6.07) is 0.105. The minimum absolute atomic E-state index is 0.105. The molecule has 1 atom stereocenters. The monoisotopic (exact) mass is 326 g/mol. The van der Waals surface area contributed by atoms with Crippen molar-refractivity contribution in [2.24, 2.45) is 5.92 Å². The van der Waals surface area contributed by atoms with E-state index in [-0.39, 0.29) is 6.03 Å². The lowest BCUT2D eigenvalue weighted by molar-refractivity contribution is 0.200. The summed E-state index contributed by atoms with van der Waals surface area (Å²) in [5.74, 6) is 3.10. The third-order valence-electron chi connectivity index (χ3n) is 4.04. The Hall–Kier alpha value is -0.950. The van der Waals surface area contributed by atoms with Crippen LogP contribution >= 0.6 is 23.1 Å². The molecule has 2 saturated heterocycles. The summed E-state index contributed by atoms with van der Waals surface area (Å²) in [7, 11) is 0. The Balaban J connectivity index is 1.46. The molecule has 2 amide bonds. The highest BCUT2D eigenvalue weighted by Gasteiger charge is 2.22. The highest BCUT2D eigenvalue weighted by Crippen LogP contribution is 2.22. The van der Waals surface area contributed by atoms with Gasteiger partial charge in [-0.2, -0.15) is 11.8 Å². The summed E-state index contributed by atoms with van der Waals surface area (Å²) < 4.78 is 0. The SMILES string of the molecule is O=C(NC[C@H]1CCSC1)N1CCCN(c2nccs2)CC1. The standard InChI is InChI=1S/C14H22N4OS2/c19-13(16-10-12-2-8-20-11-12)17-4-1-5-18(7-6-17)14-15-3-9-21-14/h3,9,12H,1-2,4-8,10-11H2,(H,16,19)/t12-/m1/s1. The third-order valence-corrected chi connectivity index (χ3v) is 6.10. The molecule has 0 radical (unpaired) electrons. The van der Waals surface area contributed by atoms with Crippen molar-refractivity contribution >= 4 is 34.3 Å². The molecule has 2 aliphatic rings. The highest BCUT2D eigenvalue weighted by atomic mass is 32.2. The quantitative estimate of drug-likeness (QED) is 0.924. The molecule has 1 aromatic heterocycles. The lowest BCUT2D eigenvalue weighted by Gasteiger charge is -2.22. The van der Waals surface area contributed by atoms with Crippen molar-refractivity contribution in [1.29, 1.82) is 0 Å². The highest BCUT2D eigenvalue weighted by molar-refractivity contribution is 7.99. The van der Waals surface area contributed by atoms with E-state index in [0.29, 0.717) is 5.92 Å². The van der Waals surface area contributed by atoms with Crippen molar-refractivity contribution in [1.82, 2.24) is 15.2 Å². The number of thiazole rings is 1. The lowest BCUT2D eigenvalue weighted by atomic mass is 10.1. The van der Waals surface area contributed by atoms with Gasteiger partial charge in [-0.05, 0) is 30.3 Å². The van der Waals surface area contributed by atoms with Crippen LogP contribution in [0.5, 0.6) is 0 Å². The maximum absolute atomic E-state index is 12.3. The molecule has 5 nitrogen and oxygen atoms in total. The maximum Gasteiger partial charge on any atom is 0.317 e. The second-order valence-electron chi connectivity index (χ2n) is 5.56. The van der Waals surface area contributed by atoms with Gasteiger partial charge in [0.05, 0.1) is 0 Å². The number of anilines is 1. The molecule has 0 spiro atoms. The van der Waals surface area contributed by atoms with Crippen molar-refractivity contribution in [2.75, 3.05) is 49.1 Å². The predicted molar refractivity (Wildman–Crippen MR) is 89.3 cm³/mol. The largest absolute Gasteiger partial charge is 0.346 e. The number of hydrogen-bond donors (Lipinski definition) is 1. The normalized spacial score (nSPS) is 23.1. The topological polar surface area (TPSA) is 48.5 Å². The summed E-state index contributed by atoms with van der Waals surface area (Å²) in [5.41, 5.74) is 0. The molecule has 3 rings (SSSR count). The number of hydrogen-bond acceptors (Lipinski definition) is 5. The van der Waals surface area contributed by atoms with E-state index in [1.807, 2.05) is 28.2 Å². The molecule has 1 N–H and O–H groups in total. The van der Waals surface area contributed by atoms with Crippen LogP contribution in [0.4, 0.5) is 9.93 Å². The van der Waals surface area contributed by atoms with Crippen LogP contribution in [-0.2, 0) is 0 Å². The summed E-state index contributed by atoms with van der Waals surface area (Å²) >= 11 is 3.66. The van der Waals surface area contributed by atoms with Crippen LogP contribution in [0.15, 0.2) is 11.6 Å². The van der Waals surface area contributed by atoms with Crippen molar-refractivity contribution in [3.05, 3.63) is 11.6 Å². The number of rotatable bonds is 3. The predicted octanol–water partition coefficient (Wildman–Crippen LogP) is 2.12. The van der Waals surface area contributed by atoms with Gasteiger partial charge in [-0.25, -0.2) is 9.78 Å². The van der Waals surface area contributed by atoms with E-state index in [1.54, 1.807) is 11.3 Å². The molecule has 1 aromatic rings. The van der Waals surface area contributed by atoms with Gasteiger partial charge in [0.15, 0.2) is 5.13 Å². The molecule has 0 aromatic carbocycles. The molecule has 0 bridgehead atoms. The van der Waals surface area contributed by atoms with E-state index in [4.69, 9.17) is 0 Å². The Morgan fingerprint density at radius 2 is 2.33 bits per heavy atom. The summed E-state index contributed by atoms with van der Waals surface area (Å²) in [6.45, 7) is 4.31. The maximum atomic E-state index is 12.3. The van der Waals surface area contributed by atoms with Gasteiger partial charge in [0, 0.05) is 44.3 Å².